The lowest BCUT2D eigenvalue weighted by Gasteiger charge is -2.30. The van der Waals surface area contributed by atoms with Crippen LogP contribution in [0, 0.1) is 17.6 Å². The van der Waals surface area contributed by atoms with Gasteiger partial charge in [0.25, 0.3) is 0 Å². The third-order valence-corrected chi connectivity index (χ3v) is 4.99. The Morgan fingerprint density at radius 3 is 2.63 bits per heavy atom. The van der Waals surface area contributed by atoms with E-state index in [2.05, 4.69) is 20.9 Å². The van der Waals surface area contributed by atoms with E-state index in [1.165, 1.54) is 6.07 Å². The van der Waals surface area contributed by atoms with Gasteiger partial charge in [-0.25, -0.2) is 8.78 Å². The van der Waals surface area contributed by atoms with Crippen molar-refractivity contribution in [3.63, 3.8) is 0 Å². The van der Waals surface area contributed by atoms with Gasteiger partial charge in [-0.2, -0.15) is 0 Å². The van der Waals surface area contributed by atoms with Crippen molar-refractivity contribution in [2.75, 3.05) is 7.05 Å². The number of rotatable bonds is 5. The molecule has 0 heterocycles. The molecule has 0 spiro atoms. The number of aliphatic imine (C=N–C) groups is 1. The van der Waals surface area contributed by atoms with Gasteiger partial charge in [0, 0.05) is 37.2 Å². The fourth-order valence-electron chi connectivity index (χ4n) is 3.35. The number of hydrogen-bond acceptors (Lipinski definition) is 2. The van der Waals surface area contributed by atoms with Crippen molar-refractivity contribution in [1.29, 1.82) is 0 Å². The Balaban J connectivity index is 0.00000261. The smallest absolute Gasteiger partial charge is 0.223 e. The van der Waals surface area contributed by atoms with Gasteiger partial charge in [0.1, 0.15) is 11.6 Å². The van der Waals surface area contributed by atoms with Crippen molar-refractivity contribution in [1.82, 2.24) is 16.0 Å². The molecule has 1 aromatic rings. The van der Waals surface area contributed by atoms with Gasteiger partial charge in [-0.1, -0.05) is 6.42 Å². The molecule has 2 atom stereocenters. The van der Waals surface area contributed by atoms with Crippen LogP contribution in [0.15, 0.2) is 23.2 Å². The van der Waals surface area contributed by atoms with Gasteiger partial charge < -0.3 is 16.0 Å². The van der Waals surface area contributed by atoms with Gasteiger partial charge in [0.2, 0.25) is 5.91 Å². The zero-order valence-electron chi connectivity index (χ0n) is 15.4. The van der Waals surface area contributed by atoms with E-state index in [9.17, 15) is 13.6 Å². The summed E-state index contributed by atoms with van der Waals surface area (Å²) in [4.78, 5) is 16.4. The van der Waals surface area contributed by atoms with Crippen molar-refractivity contribution in [3.05, 3.63) is 35.4 Å². The lowest BCUT2D eigenvalue weighted by molar-refractivity contribution is -0.126. The Labute approximate surface area is 175 Å². The van der Waals surface area contributed by atoms with E-state index in [-0.39, 0.29) is 54.0 Å². The van der Waals surface area contributed by atoms with Crippen molar-refractivity contribution < 1.29 is 13.6 Å². The predicted molar refractivity (Wildman–Crippen MR) is 112 cm³/mol. The highest BCUT2D eigenvalue weighted by atomic mass is 127. The van der Waals surface area contributed by atoms with E-state index < -0.39 is 11.6 Å². The van der Waals surface area contributed by atoms with Crippen LogP contribution in [0.4, 0.5) is 8.78 Å². The zero-order chi connectivity index (χ0) is 18.5. The minimum Gasteiger partial charge on any atom is -0.354 e. The number of nitrogens with zero attached hydrogens (tertiary/aromatic N) is 1. The maximum absolute atomic E-state index is 13.7. The Morgan fingerprint density at radius 2 is 1.93 bits per heavy atom. The number of guanidine groups is 1. The van der Waals surface area contributed by atoms with Crippen LogP contribution in [0.2, 0.25) is 0 Å². The van der Waals surface area contributed by atoms with Crippen molar-refractivity contribution >= 4 is 35.8 Å². The molecule has 1 amide bonds. The average molecular weight is 492 g/mol. The van der Waals surface area contributed by atoms with Gasteiger partial charge >= 0.3 is 0 Å². The van der Waals surface area contributed by atoms with E-state index in [1.54, 1.807) is 7.05 Å². The highest BCUT2D eigenvalue weighted by Gasteiger charge is 2.31. The molecule has 1 aromatic carbocycles. The molecule has 150 valence electrons. The number of nitrogens with one attached hydrogen (secondary N) is 3. The first kappa shape index (κ1) is 21.8. The van der Waals surface area contributed by atoms with Crippen molar-refractivity contribution in [2.45, 2.75) is 57.2 Å². The lowest BCUT2D eigenvalue weighted by Crippen LogP contribution is -2.47. The second kappa shape index (κ2) is 10.2. The molecule has 27 heavy (non-hydrogen) atoms. The number of halogens is 3. The number of amides is 1. The molecule has 3 rings (SSSR count). The monoisotopic (exact) mass is 492 g/mol. The van der Waals surface area contributed by atoms with Crippen LogP contribution in [0.5, 0.6) is 0 Å². The number of carbonyl (C=O) groups excluding carboxylic acids is 1. The third-order valence-electron chi connectivity index (χ3n) is 4.99. The van der Waals surface area contributed by atoms with Crippen LogP contribution in [-0.2, 0) is 11.3 Å². The summed E-state index contributed by atoms with van der Waals surface area (Å²) in [5.41, 5.74) is 0.248. The number of benzene rings is 1. The summed E-state index contributed by atoms with van der Waals surface area (Å²) in [6.07, 6.45) is 5.80. The SMILES string of the molecule is CN=C(NCc1cc(F)ccc1F)NC1CCCC(C(=O)NC2CC2)C1.I. The minimum absolute atomic E-state index is 0. The average Bonchev–Trinajstić information content (AvgIpc) is 3.45. The van der Waals surface area contributed by atoms with Crippen LogP contribution >= 0.6 is 24.0 Å². The first-order valence-corrected chi connectivity index (χ1v) is 9.26. The third kappa shape index (κ3) is 6.58. The molecule has 3 N–H and O–H groups in total. The van der Waals surface area contributed by atoms with Crippen LogP contribution < -0.4 is 16.0 Å². The molecule has 2 fully saturated rings. The van der Waals surface area contributed by atoms with E-state index in [1.807, 2.05) is 0 Å². The fraction of sp³-hybridized carbons (Fsp3) is 0.579. The summed E-state index contributed by atoms with van der Waals surface area (Å²) in [5.74, 6) is -0.210. The maximum atomic E-state index is 13.7. The summed E-state index contributed by atoms with van der Waals surface area (Å²) >= 11 is 0. The van der Waals surface area contributed by atoms with E-state index in [0.29, 0.717) is 12.0 Å². The summed E-state index contributed by atoms with van der Waals surface area (Å²) in [6.45, 7) is 0.140. The summed E-state index contributed by atoms with van der Waals surface area (Å²) in [5, 5.41) is 9.41. The van der Waals surface area contributed by atoms with Gasteiger partial charge in [-0.15, -0.1) is 24.0 Å². The standard InChI is InChI=1S/C19H26F2N4O.HI/c1-22-19(23-11-13-9-14(20)5-8-17(13)21)25-16-4-2-3-12(10-16)18(26)24-15-6-7-15;/h5,8-9,12,15-16H,2-4,6-7,10-11H2,1H3,(H,24,26)(H2,22,23,25);1H. The van der Waals surface area contributed by atoms with Crippen LogP contribution in [0.3, 0.4) is 0 Å². The fourth-order valence-corrected chi connectivity index (χ4v) is 3.35. The molecule has 0 aromatic heterocycles. The van der Waals surface area contributed by atoms with E-state index in [0.717, 1.165) is 50.7 Å². The van der Waals surface area contributed by atoms with E-state index >= 15 is 0 Å². The second-order valence-corrected chi connectivity index (χ2v) is 7.15. The van der Waals surface area contributed by atoms with Gasteiger partial charge in [-0.3, -0.25) is 9.79 Å². The molecule has 0 saturated heterocycles. The van der Waals surface area contributed by atoms with Gasteiger partial charge in [-0.05, 0) is 50.3 Å². The normalized spacial score (nSPS) is 22.6. The topological polar surface area (TPSA) is 65.5 Å². The predicted octanol–water partition coefficient (Wildman–Crippen LogP) is 3.09. The molecule has 2 aliphatic carbocycles. The Hall–Kier alpha value is -1.45. The molecule has 2 saturated carbocycles. The molecule has 0 bridgehead atoms. The summed E-state index contributed by atoms with van der Waals surface area (Å²) in [7, 11) is 1.64. The Morgan fingerprint density at radius 1 is 1.15 bits per heavy atom. The number of carbonyl (C=O) groups is 1. The first-order chi connectivity index (χ1) is 12.5. The van der Waals surface area contributed by atoms with Crippen molar-refractivity contribution in [3.8, 4) is 0 Å². The molecule has 2 unspecified atom stereocenters. The minimum atomic E-state index is -0.469. The molecular weight excluding hydrogens is 465 g/mol. The quantitative estimate of drug-likeness (QED) is 0.337. The number of hydrogen-bond donors (Lipinski definition) is 3. The highest BCUT2D eigenvalue weighted by Crippen LogP contribution is 2.26. The highest BCUT2D eigenvalue weighted by molar-refractivity contribution is 14.0. The molecule has 8 heteroatoms. The van der Waals surface area contributed by atoms with Gasteiger partial charge in [0.15, 0.2) is 5.96 Å². The zero-order valence-corrected chi connectivity index (χ0v) is 17.8. The maximum Gasteiger partial charge on any atom is 0.223 e. The van der Waals surface area contributed by atoms with Gasteiger partial charge in [0.05, 0.1) is 0 Å². The second-order valence-electron chi connectivity index (χ2n) is 7.15. The molecule has 0 radical (unpaired) electrons. The molecule has 0 aliphatic heterocycles. The van der Waals surface area contributed by atoms with Crippen LogP contribution in [0.1, 0.15) is 44.1 Å². The van der Waals surface area contributed by atoms with Crippen LogP contribution in [0.25, 0.3) is 0 Å². The molecular formula is C19H27F2IN4O. The Bertz CT molecular complexity index is 682. The largest absolute Gasteiger partial charge is 0.354 e. The molecule has 2 aliphatic rings. The molecule has 5 nitrogen and oxygen atoms in total. The van der Waals surface area contributed by atoms with Crippen molar-refractivity contribution in [2.24, 2.45) is 10.9 Å². The lowest BCUT2D eigenvalue weighted by atomic mass is 9.85. The van der Waals surface area contributed by atoms with Crippen LogP contribution in [-0.4, -0.2) is 31.0 Å². The Kier molecular flexibility index (Phi) is 8.25. The summed E-state index contributed by atoms with van der Waals surface area (Å²) in [6, 6.07) is 3.91. The first-order valence-electron chi connectivity index (χ1n) is 9.26. The van der Waals surface area contributed by atoms with E-state index in [4.69, 9.17) is 0 Å². The summed E-state index contributed by atoms with van der Waals surface area (Å²) < 4.78 is 27.0.